The first-order chi connectivity index (χ1) is 15.8. The van der Waals surface area contributed by atoms with Gasteiger partial charge in [0.1, 0.15) is 22.9 Å². The number of piperidine rings is 1. The fourth-order valence-corrected chi connectivity index (χ4v) is 4.42. The second-order valence-corrected chi connectivity index (χ2v) is 8.92. The van der Waals surface area contributed by atoms with Gasteiger partial charge in [-0.05, 0) is 37.6 Å². The van der Waals surface area contributed by atoms with Crippen molar-refractivity contribution in [2.75, 3.05) is 19.7 Å². The molecule has 1 aromatic heterocycles. The minimum atomic E-state index is -0.588. The Bertz CT molecular complexity index is 1010. The Balaban J connectivity index is 1.31. The van der Waals surface area contributed by atoms with Crippen LogP contribution in [0.4, 0.5) is 0 Å². The number of benzene rings is 1. The maximum Gasteiger partial charge on any atom is 0.258 e. The normalized spacial score (nSPS) is 17.8. The number of hydrogen-bond acceptors (Lipinski definition) is 6. The molecule has 2 aromatic rings. The summed E-state index contributed by atoms with van der Waals surface area (Å²) in [6.07, 6.45) is 4.68. The monoisotopic (exact) mass is 454 g/mol. The van der Waals surface area contributed by atoms with Crippen LogP contribution in [0, 0.1) is 0 Å². The number of carbonyl (C=O) groups excluding carboxylic acids is 3. The first-order valence-electron chi connectivity index (χ1n) is 11.4. The SMILES string of the molecule is CC(=O)N1CCC2(CC1)CC(=O)c1ccc(OCC(=O)NC(C)CCc3ccco3)cc1O2. The standard InChI is InChI=1S/C25H30N2O6/c1-17(5-6-19-4-3-13-31-19)26-24(30)16-32-20-7-8-21-22(29)15-25(33-23(21)14-20)9-11-27(12-10-25)18(2)28/h3-4,7-8,13-14,17H,5-6,9-12,15-16H2,1-2H3,(H,26,30). The number of amides is 2. The van der Waals surface area contributed by atoms with Gasteiger partial charge in [0.2, 0.25) is 5.91 Å². The van der Waals surface area contributed by atoms with Crippen LogP contribution in [0.3, 0.4) is 0 Å². The van der Waals surface area contributed by atoms with E-state index in [1.807, 2.05) is 19.1 Å². The highest BCUT2D eigenvalue weighted by Gasteiger charge is 2.43. The van der Waals surface area contributed by atoms with Crippen LogP contribution in [0.5, 0.6) is 11.5 Å². The van der Waals surface area contributed by atoms with E-state index in [1.54, 1.807) is 36.3 Å². The molecule has 1 saturated heterocycles. The van der Waals surface area contributed by atoms with Crippen molar-refractivity contribution in [1.82, 2.24) is 10.2 Å². The molecule has 8 nitrogen and oxygen atoms in total. The maximum absolute atomic E-state index is 12.7. The third-order valence-corrected chi connectivity index (χ3v) is 6.36. The fourth-order valence-electron chi connectivity index (χ4n) is 4.42. The average Bonchev–Trinajstić information content (AvgIpc) is 3.30. The van der Waals surface area contributed by atoms with E-state index in [0.717, 1.165) is 18.6 Å². The molecule has 4 rings (SSSR count). The number of aryl methyl sites for hydroxylation is 1. The number of furan rings is 1. The fraction of sp³-hybridized carbons (Fsp3) is 0.480. The van der Waals surface area contributed by atoms with E-state index in [4.69, 9.17) is 13.9 Å². The lowest BCUT2D eigenvalue weighted by molar-refractivity contribution is -0.132. The van der Waals surface area contributed by atoms with Gasteiger partial charge in [-0.1, -0.05) is 0 Å². The molecular formula is C25H30N2O6. The summed E-state index contributed by atoms with van der Waals surface area (Å²) in [4.78, 5) is 38.4. The van der Waals surface area contributed by atoms with Crippen LogP contribution in [-0.2, 0) is 16.0 Å². The number of rotatable bonds is 7. The third kappa shape index (κ3) is 5.56. The van der Waals surface area contributed by atoms with Gasteiger partial charge in [-0.25, -0.2) is 0 Å². The van der Waals surface area contributed by atoms with Crippen LogP contribution in [0.1, 0.15) is 55.6 Å². The van der Waals surface area contributed by atoms with Gasteiger partial charge >= 0.3 is 0 Å². The Morgan fingerprint density at radius 3 is 2.73 bits per heavy atom. The minimum absolute atomic E-state index is 0.0172. The van der Waals surface area contributed by atoms with E-state index in [2.05, 4.69) is 5.32 Å². The van der Waals surface area contributed by atoms with Crippen molar-refractivity contribution in [2.45, 2.75) is 57.6 Å². The number of fused-ring (bicyclic) bond motifs is 1. The first-order valence-corrected chi connectivity index (χ1v) is 11.4. The molecule has 0 saturated carbocycles. The molecule has 2 amide bonds. The van der Waals surface area contributed by atoms with Crippen LogP contribution in [0.2, 0.25) is 0 Å². The summed E-state index contributed by atoms with van der Waals surface area (Å²) in [6, 6.07) is 8.80. The number of ketones is 1. The highest BCUT2D eigenvalue weighted by atomic mass is 16.5. The van der Waals surface area contributed by atoms with Crippen molar-refractivity contribution >= 4 is 17.6 Å². The molecule has 1 fully saturated rings. The lowest BCUT2D eigenvalue weighted by Gasteiger charge is -2.43. The van der Waals surface area contributed by atoms with Crippen molar-refractivity contribution in [3.8, 4) is 11.5 Å². The van der Waals surface area contributed by atoms with Crippen LogP contribution >= 0.6 is 0 Å². The van der Waals surface area contributed by atoms with Crippen molar-refractivity contribution in [2.24, 2.45) is 0 Å². The molecule has 0 radical (unpaired) electrons. The van der Waals surface area contributed by atoms with E-state index >= 15 is 0 Å². The molecule has 0 bridgehead atoms. The lowest BCUT2D eigenvalue weighted by Crippen LogP contribution is -2.51. The van der Waals surface area contributed by atoms with Crippen LogP contribution in [0.15, 0.2) is 41.0 Å². The van der Waals surface area contributed by atoms with Gasteiger partial charge in [0.25, 0.3) is 5.91 Å². The third-order valence-electron chi connectivity index (χ3n) is 6.36. The highest BCUT2D eigenvalue weighted by Crippen LogP contribution is 2.40. The molecule has 2 aliphatic heterocycles. The van der Waals surface area contributed by atoms with Gasteiger partial charge < -0.3 is 24.1 Å². The van der Waals surface area contributed by atoms with Crippen molar-refractivity contribution in [1.29, 1.82) is 0 Å². The Morgan fingerprint density at radius 2 is 2.03 bits per heavy atom. The van der Waals surface area contributed by atoms with Gasteiger partial charge in [0.05, 0.1) is 18.2 Å². The predicted octanol–water partition coefficient (Wildman–Crippen LogP) is 3.14. The Morgan fingerprint density at radius 1 is 1.24 bits per heavy atom. The van der Waals surface area contributed by atoms with E-state index in [1.165, 1.54) is 0 Å². The second kappa shape index (κ2) is 9.68. The zero-order chi connectivity index (χ0) is 23.4. The first kappa shape index (κ1) is 22.9. The summed E-state index contributed by atoms with van der Waals surface area (Å²) in [7, 11) is 0. The topological polar surface area (TPSA) is 98.1 Å². The van der Waals surface area contributed by atoms with E-state index in [-0.39, 0.29) is 30.2 Å². The number of nitrogens with one attached hydrogen (secondary N) is 1. The quantitative estimate of drug-likeness (QED) is 0.690. The molecule has 0 aliphatic carbocycles. The van der Waals surface area contributed by atoms with Crippen LogP contribution < -0.4 is 14.8 Å². The van der Waals surface area contributed by atoms with Crippen LogP contribution in [-0.4, -0.2) is 53.8 Å². The molecule has 176 valence electrons. The molecule has 1 N–H and O–H groups in total. The zero-order valence-corrected chi connectivity index (χ0v) is 19.1. The molecule has 1 aromatic carbocycles. The van der Waals surface area contributed by atoms with Crippen molar-refractivity contribution in [3.63, 3.8) is 0 Å². The van der Waals surface area contributed by atoms with E-state index in [0.29, 0.717) is 49.4 Å². The van der Waals surface area contributed by atoms with E-state index < -0.39 is 5.60 Å². The number of carbonyl (C=O) groups is 3. The molecule has 33 heavy (non-hydrogen) atoms. The predicted molar refractivity (Wildman–Crippen MR) is 120 cm³/mol. The summed E-state index contributed by atoms with van der Waals surface area (Å²) >= 11 is 0. The largest absolute Gasteiger partial charge is 0.486 e. The highest BCUT2D eigenvalue weighted by molar-refractivity contribution is 6.00. The summed E-state index contributed by atoms with van der Waals surface area (Å²) in [5.74, 6) is 1.69. The second-order valence-electron chi connectivity index (χ2n) is 8.92. The smallest absolute Gasteiger partial charge is 0.258 e. The van der Waals surface area contributed by atoms with Gasteiger partial charge in [0.15, 0.2) is 12.4 Å². The summed E-state index contributed by atoms with van der Waals surface area (Å²) < 4.78 is 17.3. The molecule has 3 heterocycles. The van der Waals surface area contributed by atoms with E-state index in [9.17, 15) is 14.4 Å². The van der Waals surface area contributed by atoms with Gasteiger partial charge in [-0.15, -0.1) is 0 Å². The van der Waals surface area contributed by atoms with Gasteiger partial charge in [-0.2, -0.15) is 0 Å². The lowest BCUT2D eigenvalue weighted by atomic mass is 9.82. The summed E-state index contributed by atoms with van der Waals surface area (Å²) in [6.45, 7) is 4.52. The summed E-state index contributed by atoms with van der Waals surface area (Å²) in [5, 5.41) is 2.92. The van der Waals surface area contributed by atoms with Gasteiger partial charge in [0, 0.05) is 51.4 Å². The number of Topliss-reactive ketones (excluding diaryl/α,β-unsaturated/α-hetero) is 1. The zero-order valence-electron chi connectivity index (χ0n) is 19.1. The van der Waals surface area contributed by atoms with Crippen molar-refractivity contribution < 1.29 is 28.3 Å². The summed E-state index contributed by atoms with van der Waals surface area (Å²) in [5.41, 5.74) is -0.0619. The molecule has 8 heteroatoms. The number of ether oxygens (including phenoxy) is 2. The molecule has 1 unspecified atom stereocenters. The molecule has 1 atom stereocenters. The maximum atomic E-state index is 12.7. The van der Waals surface area contributed by atoms with Crippen LogP contribution in [0.25, 0.3) is 0 Å². The Labute approximate surface area is 193 Å². The molecule has 1 spiro atoms. The Hall–Kier alpha value is -3.29. The molecule has 2 aliphatic rings. The minimum Gasteiger partial charge on any atom is -0.486 e. The average molecular weight is 455 g/mol. The molecular weight excluding hydrogens is 424 g/mol. The number of nitrogens with zero attached hydrogens (tertiary/aromatic N) is 1. The van der Waals surface area contributed by atoms with Gasteiger partial charge in [-0.3, -0.25) is 14.4 Å². The number of hydrogen-bond donors (Lipinski definition) is 1. The number of likely N-dealkylation sites (tertiary alicyclic amines) is 1. The Kier molecular flexibility index (Phi) is 6.72. The van der Waals surface area contributed by atoms with Crippen molar-refractivity contribution in [3.05, 3.63) is 47.9 Å².